The topological polar surface area (TPSA) is 16.1 Å². The summed E-state index contributed by atoms with van der Waals surface area (Å²) in [5.74, 6) is 0. The normalized spacial score (nSPS) is 12.2. The number of hydrogen-bond donors (Lipinski definition) is 0. The van der Waals surface area contributed by atoms with E-state index in [4.69, 9.17) is 0 Å². The van der Waals surface area contributed by atoms with Crippen LogP contribution in [0.1, 0.15) is 33.3 Å². The van der Waals surface area contributed by atoms with Gasteiger partial charge in [-0.15, -0.1) is 0 Å². The molecule has 0 spiro atoms. The van der Waals surface area contributed by atoms with Crippen LogP contribution in [-0.2, 0) is 6.42 Å². The summed E-state index contributed by atoms with van der Waals surface area (Å²) in [5.41, 5.74) is 1.50. The van der Waals surface area contributed by atoms with E-state index in [2.05, 4.69) is 54.7 Å². The number of rotatable bonds is 5. The first-order valence-electron chi connectivity index (χ1n) is 6.66. The van der Waals surface area contributed by atoms with E-state index in [0.29, 0.717) is 26.6 Å². The van der Waals surface area contributed by atoms with Crippen molar-refractivity contribution < 1.29 is 0 Å². The predicted octanol–water partition coefficient (Wildman–Crippen LogP) is 2.95. The molecule has 0 aliphatic carbocycles. The Morgan fingerprint density at radius 1 is 1.22 bits per heavy atom. The van der Waals surface area contributed by atoms with E-state index >= 15 is 0 Å². The molecule has 0 aliphatic rings. The van der Waals surface area contributed by atoms with Gasteiger partial charge in [-0.05, 0) is 0 Å². The van der Waals surface area contributed by atoms with E-state index in [9.17, 15) is 0 Å². The van der Waals surface area contributed by atoms with Gasteiger partial charge in [-0.3, -0.25) is 0 Å². The average Bonchev–Trinajstić information content (AvgIpc) is 2.72. The van der Waals surface area contributed by atoms with Gasteiger partial charge in [-0.2, -0.15) is 0 Å². The van der Waals surface area contributed by atoms with Crippen molar-refractivity contribution in [2.45, 2.75) is 46.2 Å². The minimum absolute atomic E-state index is 0.451. The maximum atomic E-state index is 4.47. The average molecular weight is 309 g/mol. The van der Waals surface area contributed by atoms with Gasteiger partial charge in [0.2, 0.25) is 0 Å². The first-order valence-corrected chi connectivity index (χ1v) is 8.51. The van der Waals surface area contributed by atoms with Crippen LogP contribution in [0.5, 0.6) is 0 Å². The Labute approximate surface area is 116 Å². The Balaban J connectivity index is 2.10. The molecule has 3 heteroatoms. The molecule has 98 valence electrons. The number of aromatic nitrogens is 1. The summed E-state index contributed by atoms with van der Waals surface area (Å²) in [6.07, 6.45) is 3.06. The van der Waals surface area contributed by atoms with Crippen LogP contribution in [0.25, 0.3) is 9.78 Å². The molecular weight excluding hydrogens is 287 g/mol. The van der Waals surface area contributed by atoms with Crippen LogP contribution in [-0.4, -0.2) is 43.0 Å². The van der Waals surface area contributed by atoms with Crippen LogP contribution >= 0.6 is 0 Å². The van der Waals surface area contributed by atoms with Crippen LogP contribution < -0.4 is 0 Å². The van der Waals surface area contributed by atoms with E-state index in [1.165, 1.54) is 15.3 Å². The Morgan fingerprint density at radius 2 is 1.94 bits per heavy atom. The summed E-state index contributed by atoms with van der Waals surface area (Å²) in [6.45, 7) is 10.3. The first kappa shape index (κ1) is 13.8. The van der Waals surface area contributed by atoms with Crippen molar-refractivity contribution in [3.63, 3.8) is 0 Å². The summed E-state index contributed by atoms with van der Waals surface area (Å²) in [7, 11) is 0. The molecule has 2 nitrogen and oxygen atoms in total. The zero-order chi connectivity index (χ0) is 13.1. The summed E-state index contributed by atoms with van der Waals surface area (Å²) in [4.78, 5) is 9.43. The van der Waals surface area contributed by atoms with Crippen molar-refractivity contribution in [1.29, 1.82) is 0 Å². The quantitative estimate of drug-likeness (QED) is 0.790. The molecule has 0 radical (unpaired) electrons. The summed E-state index contributed by atoms with van der Waals surface area (Å²) in [5, 5.41) is 1.39. The second kappa shape index (κ2) is 6.01. The number of nitrogens with zero attached hydrogens (tertiary/aromatic N) is 2. The minimum atomic E-state index is 0.451. The van der Waals surface area contributed by atoms with Gasteiger partial charge < -0.3 is 0 Å². The molecule has 0 saturated carbocycles. The third kappa shape index (κ3) is 3.03. The second-order valence-electron chi connectivity index (χ2n) is 5.29. The van der Waals surface area contributed by atoms with Crippen molar-refractivity contribution in [1.82, 2.24) is 9.88 Å². The second-order valence-corrected chi connectivity index (χ2v) is 7.09. The van der Waals surface area contributed by atoms with Crippen molar-refractivity contribution >= 4 is 24.3 Å². The van der Waals surface area contributed by atoms with Gasteiger partial charge in [0.05, 0.1) is 0 Å². The van der Waals surface area contributed by atoms with Gasteiger partial charge in [-0.25, -0.2) is 0 Å². The third-order valence-corrected chi connectivity index (χ3v) is 5.39. The van der Waals surface area contributed by atoms with E-state index < -0.39 is 0 Å². The summed E-state index contributed by atoms with van der Waals surface area (Å²) < 4.78 is 1.31. The van der Waals surface area contributed by atoms with Crippen LogP contribution in [0.2, 0.25) is 0 Å². The molecule has 0 amide bonds. The Kier molecular flexibility index (Phi) is 4.60. The van der Waals surface area contributed by atoms with Gasteiger partial charge in [-0.1, -0.05) is 0 Å². The van der Waals surface area contributed by atoms with Gasteiger partial charge in [0.15, 0.2) is 0 Å². The number of fused-ring (bicyclic) bond motifs is 1. The number of hydrogen-bond acceptors (Lipinski definition) is 2. The van der Waals surface area contributed by atoms with Crippen molar-refractivity contribution in [3.8, 4) is 0 Å². The van der Waals surface area contributed by atoms with Crippen LogP contribution in [0.15, 0.2) is 23.3 Å². The van der Waals surface area contributed by atoms with Crippen molar-refractivity contribution in [3.05, 3.63) is 28.8 Å². The molecule has 0 aromatic carbocycles. The standard InChI is InChI=1S/C15H22N2Se/c1-11(2)17(12(3)4)9-7-13-10-18-15-14(13)6-5-8-16-15/h5-6,8,10-12H,7,9H2,1-4H3. The van der Waals surface area contributed by atoms with Crippen molar-refractivity contribution in [2.75, 3.05) is 6.54 Å². The molecule has 18 heavy (non-hydrogen) atoms. The fourth-order valence-corrected chi connectivity index (χ4v) is 4.46. The first-order chi connectivity index (χ1) is 8.59. The van der Waals surface area contributed by atoms with E-state index in [1.807, 2.05) is 6.20 Å². The summed E-state index contributed by atoms with van der Waals surface area (Å²) in [6, 6.07) is 5.51. The van der Waals surface area contributed by atoms with E-state index in [-0.39, 0.29) is 0 Å². The molecule has 0 aliphatic heterocycles. The molecule has 0 N–H and O–H groups in total. The summed E-state index contributed by atoms with van der Waals surface area (Å²) >= 11 is 0.451. The van der Waals surface area contributed by atoms with Crippen LogP contribution in [0.4, 0.5) is 0 Å². The Morgan fingerprint density at radius 3 is 2.61 bits per heavy atom. The Hall–Kier alpha value is -0.631. The maximum absolute atomic E-state index is 4.47. The predicted molar refractivity (Wildman–Crippen MR) is 79.4 cm³/mol. The molecule has 2 aromatic heterocycles. The zero-order valence-corrected chi connectivity index (χ0v) is 13.4. The van der Waals surface area contributed by atoms with E-state index in [0.717, 1.165) is 13.0 Å². The van der Waals surface area contributed by atoms with Gasteiger partial charge in [0.25, 0.3) is 0 Å². The molecular formula is C15H22N2Se. The van der Waals surface area contributed by atoms with E-state index in [1.54, 1.807) is 0 Å². The molecule has 2 rings (SSSR count). The molecule has 0 fully saturated rings. The molecule has 0 atom stereocenters. The van der Waals surface area contributed by atoms with Gasteiger partial charge in [0, 0.05) is 0 Å². The third-order valence-electron chi connectivity index (χ3n) is 3.40. The molecule has 2 aromatic rings. The molecule has 2 heterocycles. The molecule has 0 bridgehead atoms. The zero-order valence-electron chi connectivity index (χ0n) is 11.7. The molecule has 0 saturated heterocycles. The fraction of sp³-hybridized carbons (Fsp3) is 0.533. The van der Waals surface area contributed by atoms with Gasteiger partial charge >= 0.3 is 116 Å². The SMILES string of the molecule is CC(C)N(CCc1c[se]c2ncccc12)C(C)C. The van der Waals surface area contributed by atoms with Crippen molar-refractivity contribution in [2.24, 2.45) is 0 Å². The fourth-order valence-electron chi connectivity index (χ4n) is 2.48. The Bertz CT molecular complexity index is 494. The van der Waals surface area contributed by atoms with Gasteiger partial charge in [0.1, 0.15) is 0 Å². The van der Waals surface area contributed by atoms with Crippen LogP contribution in [0.3, 0.4) is 0 Å². The monoisotopic (exact) mass is 310 g/mol. The van der Waals surface area contributed by atoms with Crippen LogP contribution in [0, 0.1) is 0 Å². The molecule has 0 unspecified atom stereocenters. The number of pyridine rings is 1.